The van der Waals surface area contributed by atoms with Crippen LogP contribution < -0.4 is 5.32 Å². The summed E-state index contributed by atoms with van der Waals surface area (Å²) in [5.41, 5.74) is 2.24. The molecule has 2 N–H and O–H groups in total. The third-order valence-corrected chi connectivity index (χ3v) is 3.43. The first-order valence-electron chi connectivity index (χ1n) is 6.10. The van der Waals surface area contributed by atoms with E-state index in [0.717, 1.165) is 36.2 Å². The molecule has 1 aromatic heterocycles. The first-order valence-corrected chi connectivity index (χ1v) is 6.10. The highest BCUT2D eigenvalue weighted by atomic mass is 16.5. The first kappa shape index (κ1) is 10.6. The second-order valence-corrected chi connectivity index (χ2v) is 4.76. The highest BCUT2D eigenvalue weighted by molar-refractivity contribution is 5.81. The van der Waals surface area contributed by atoms with Crippen molar-refractivity contribution >= 4 is 16.6 Å². The molecule has 1 fully saturated rings. The SMILES string of the molecule is C[C@@H]1COCC[C@H]1Nc1ccc2[nH]ncc2c1. The van der Waals surface area contributed by atoms with E-state index in [-0.39, 0.29) is 0 Å². The van der Waals surface area contributed by atoms with Crippen molar-refractivity contribution < 1.29 is 4.74 Å². The predicted octanol–water partition coefficient (Wildman–Crippen LogP) is 2.40. The first-order chi connectivity index (χ1) is 8.33. The van der Waals surface area contributed by atoms with Crippen LogP contribution in [0, 0.1) is 5.92 Å². The van der Waals surface area contributed by atoms with Gasteiger partial charge in [0, 0.05) is 23.7 Å². The van der Waals surface area contributed by atoms with Crippen LogP contribution in [0.2, 0.25) is 0 Å². The molecule has 0 bridgehead atoms. The fraction of sp³-hybridized carbons (Fsp3) is 0.462. The molecule has 0 radical (unpaired) electrons. The van der Waals surface area contributed by atoms with E-state index in [4.69, 9.17) is 4.74 Å². The molecule has 17 heavy (non-hydrogen) atoms. The second-order valence-electron chi connectivity index (χ2n) is 4.76. The van der Waals surface area contributed by atoms with E-state index in [1.54, 1.807) is 0 Å². The molecule has 1 aliphatic heterocycles. The number of anilines is 1. The van der Waals surface area contributed by atoms with Crippen molar-refractivity contribution in [1.29, 1.82) is 0 Å². The van der Waals surface area contributed by atoms with Crippen molar-refractivity contribution in [3.8, 4) is 0 Å². The Hall–Kier alpha value is -1.55. The number of hydrogen-bond acceptors (Lipinski definition) is 3. The van der Waals surface area contributed by atoms with Gasteiger partial charge in [-0.3, -0.25) is 5.10 Å². The maximum absolute atomic E-state index is 5.45. The number of fused-ring (bicyclic) bond motifs is 1. The van der Waals surface area contributed by atoms with Gasteiger partial charge in [-0.05, 0) is 30.5 Å². The van der Waals surface area contributed by atoms with E-state index in [9.17, 15) is 0 Å². The summed E-state index contributed by atoms with van der Waals surface area (Å²) in [4.78, 5) is 0. The molecular weight excluding hydrogens is 214 g/mol. The van der Waals surface area contributed by atoms with Crippen LogP contribution in [0.1, 0.15) is 13.3 Å². The van der Waals surface area contributed by atoms with Crippen LogP contribution in [0.5, 0.6) is 0 Å². The molecule has 0 aliphatic carbocycles. The van der Waals surface area contributed by atoms with Crippen LogP contribution in [0.4, 0.5) is 5.69 Å². The molecule has 4 heteroatoms. The number of rotatable bonds is 2. The highest BCUT2D eigenvalue weighted by Crippen LogP contribution is 2.22. The number of nitrogens with zero attached hydrogens (tertiary/aromatic N) is 1. The molecule has 4 nitrogen and oxygen atoms in total. The third-order valence-electron chi connectivity index (χ3n) is 3.43. The molecule has 2 atom stereocenters. The standard InChI is InChI=1S/C13H17N3O/c1-9-8-17-5-4-12(9)15-11-2-3-13-10(6-11)7-14-16-13/h2-3,6-7,9,12,15H,4-5,8H2,1H3,(H,14,16)/t9-,12-/m1/s1. The lowest BCUT2D eigenvalue weighted by Gasteiger charge is -2.30. The number of H-pyrrole nitrogens is 1. The van der Waals surface area contributed by atoms with E-state index < -0.39 is 0 Å². The largest absolute Gasteiger partial charge is 0.382 e. The smallest absolute Gasteiger partial charge is 0.0651 e. The minimum absolute atomic E-state index is 0.508. The van der Waals surface area contributed by atoms with E-state index in [1.807, 2.05) is 6.20 Å². The Morgan fingerprint density at radius 2 is 2.41 bits per heavy atom. The summed E-state index contributed by atoms with van der Waals surface area (Å²) in [5, 5.41) is 11.7. The number of hydrogen-bond donors (Lipinski definition) is 2. The summed E-state index contributed by atoms with van der Waals surface area (Å²) in [6, 6.07) is 6.81. The predicted molar refractivity (Wildman–Crippen MR) is 68.1 cm³/mol. The number of aromatic nitrogens is 2. The van der Waals surface area contributed by atoms with Gasteiger partial charge in [-0.15, -0.1) is 0 Å². The summed E-state index contributed by atoms with van der Waals surface area (Å²) < 4.78 is 5.45. The van der Waals surface area contributed by atoms with Crippen LogP contribution in [0.25, 0.3) is 10.9 Å². The fourth-order valence-corrected chi connectivity index (χ4v) is 2.34. The molecule has 1 saturated heterocycles. The van der Waals surface area contributed by atoms with Gasteiger partial charge in [-0.25, -0.2) is 0 Å². The lowest BCUT2D eigenvalue weighted by molar-refractivity contribution is 0.0538. The normalized spacial score (nSPS) is 25.0. The fourth-order valence-electron chi connectivity index (χ4n) is 2.34. The molecule has 0 saturated carbocycles. The number of ether oxygens (including phenoxy) is 1. The molecule has 0 spiro atoms. The second kappa shape index (κ2) is 4.37. The molecule has 2 aromatic rings. The van der Waals surface area contributed by atoms with Gasteiger partial charge in [0.25, 0.3) is 0 Å². The molecule has 90 valence electrons. The number of aromatic amines is 1. The summed E-state index contributed by atoms with van der Waals surface area (Å²) >= 11 is 0. The van der Waals surface area contributed by atoms with Gasteiger partial charge in [0.2, 0.25) is 0 Å². The zero-order chi connectivity index (χ0) is 11.7. The van der Waals surface area contributed by atoms with E-state index in [2.05, 4.69) is 40.6 Å². The average Bonchev–Trinajstić information content (AvgIpc) is 2.79. The highest BCUT2D eigenvalue weighted by Gasteiger charge is 2.21. The Morgan fingerprint density at radius 3 is 3.29 bits per heavy atom. The van der Waals surface area contributed by atoms with Gasteiger partial charge in [0.1, 0.15) is 0 Å². The summed E-state index contributed by atoms with van der Waals surface area (Å²) in [7, 11) is 0. The van der Waals surface area contributed by atoms with Crippen LogP contribution in [0.15, 0.2) is 24.4 Å². The molecule has 0 amide bonds. The average molecular weight is 231 g/mol. The van der Waals surface area contributed by atoms with Gasteiger partial charge in [0.05, 0.1) is 18.3 Å². The molecule has 0 unspecified atom stereocenters. The Balaban J connectivity index is 1.79. The maximum Gasteiger partial charge on any atom is 0.0651 e. The molecule has 3 rings (SSSR count). The maximum atomic E-state index is 5.45. The van der Waals surface area contributed by atoms with E-state index in [1.165, 1.54) is 0 Å². The van der Waals surface area contributed by atoms with Crippen molar-refractivity contribution in [1.82, 2.24) is 10.2 Å². The zero-order valence-corrected chi connectivity index (χ0v) is 9.94. The topological polar surface area (TPSA) is 49.9 Å². The van der Waals surface area contributed by atoms with Crippen LogP contribution >= 0.6 is 0 Å². The minimum atomic E-state index is 0.508. The van der Waals surface area contributed by atoms with Gasteiger partial charge in [-0.1, -0.05) is 6.92 Å². The zero-order valence-electron chi connectivity index (χ0n) is 9.94. The van der Waals surface area contributed by atoms with Crippen LogP contribution in [-0.4, -0.2) is 29.5 Å². The van der Waals surface area contributed by atoms with Crippen LogP contribution in [0.3, 0.4) is 0 Å². The monoisotopic (exact) mass is 231 g/mol. The molecule has 1 aromatic carbocycles. The lowest BCUT2D eigenvalue weighted by Crippen LogP contribution is -2.35. The molecule has 2 heterocycles. The van der Waals surface area contributed by atoms with Gasteiger partial charge in [0.15, 0.2) is 0 Å². The van der Waals surface area contributed by atoms with Crippen molar-refractivity contribution in [2.24, 2.45) is 5.92 Å². The summed E-state index contributed by atoms with van der Waals surface area (Å²) in [6.07, 6.45) is 2.93. The van der Waals surface area contributed by atoms with Crippen molar-refractivity contribution in [2.45, 2.75) is 19.4 Å². The lowest BCUT2D eigenvalue weighted by atomic mass is 9.97. The Kier molecular flexibility index (Phi) is 2.73. The van der Waals surface area contributed by atoms with E-state index in [0.29, 0.717) is 12.0 Å². The van der Waals surface area contributed by atoms with Gasteiger partial charge < -0.3 is 10.1 Å². The Bertz CT molecular complexity index is 508. The van der Waals surface area contributed by atoms with Crippen molar-refractivity contribution in [2.75, 3.05) is 18.5 Å². The van der Waals surface area contributed by atoms with Gasteiger partial charge >= 0.3 is 0 Å². The number of nitrogens with one attached hydrogen (secondary N) is 2. The van der Waals surface area contributed by atoms with Crippen LogP contribution in [-0.2, 0) is 4.74 Å². The summed E-state index contributed by atoms with van der Waals surface area (Å²) in [5.74, 6) is 0.559. The minimum Gasteiger partial charge on any atom is -0.382 e. The summed E-state index contributed by atoms with van der Waals surface area (Å²) in [6.45, 7) is 3.94. The Labute approximate surface area is 100 Å². The number of benzene rings is 1. The van der Waals surface area contributed by atoms with E-state index >= 15 is 0 Å². The molecule has 1 aliphatic rings. The van der Waals surface area contributed by atoms with Crippen molar-refractivity contribution in [3.05, 3.63) is 24.4 Å². The van der Waals surface area contributed by atoms with Gasteiger partial charge in [-0.2, -0.15) is 5.10 Å². The third kappa shape index (κ3) is 2.13. The Morgan fingerprint density at radius 1 is 1.47 bits per heavy atom. The van der Waals surface area contributed by atoms with Crippen molar-refractivity contribution in [3.63, 3.8) is 0 Å². The quantitative estimate of drug-likeness (QED) is 0.834. The molecular formula is C13H17N3O.